The van der Waals surface area contributed by atoms with Crippen LogP contribution >= 0.6 is 0 Å². The van der Waals surface area contributed by atoms with Gasteiger partial charge in [-0.2, -0.15) is 0 Å². The summed E-state index contributed by atoms with van der Waals surface area (Å²) in [4.78, 5) is 40.3. The van der Waals surface area contributed by atoms with Crippen molar-refractivity contribution in [2.24, 2.45) is 17.3 Å². The van der Waals surface area contributed by atoms with E-state index >= 15 is 0 Å². The highest BCUT2D eigenvalue weighted by Gasteiger charge is 2.58. The van der Waals surface area contributed by atoms with E-state index in [2.05, 4.69) is 18.0 Å². The fraction of sp³-hybridized carbons (Fsp3) is 0.440. The fourth-order valence-electron chi connectivity index (χ4n) is 5.96. The number of Topliss-reactive ketones (excluding diaryl/α,β-unsaturated/α-hetero) is 1. The second-order valence-electron chi connectivity index (χ2n) is 9.34. The molecule has 1 N–H and O–H groups in total. The first-order valence-electron chi connectivity index (χ1n) is 10.9. The van der Waals surface area contributed by atoms with Gasteiger partial charge in [-0.25, -0.2) is 0 Å². The number of fused-ring (bicyclic) bond motifs is 3. The molecule has 1 aromatic heterocycles. The zero-order valence-electron chi connectivity index (χ0n) is 18.0. The molecule has 2 heterocycles. The van der Waals surface area contributed by atoms with Gasteiger partial charge in [-0.15, -0.1) is 0 Å². The number of hydrogen-bond donors (Lipinski definition) is 1. The molecule has 7 nitrogen and oxygen atoms in total. The Hall–Kier alpha value is -3.22. The number of ether oxygens (including phenoxy) is 2. The minimum absolute atomic E-state index is 0.00552. The monoisotopic (exact) mass is 435 g/mol. The van der Waals surface area contributed by atoms with Crippen LogP contribution in [-0.2, 0) is 23.9 Å². The Kier molecular flexibility index (Phi) is 4.80. The lowest BCUT2D eigenvalue weighted by Gasteiger charge is -2.44. The number of aliphatic carboxylic acids is 1. The Labute approximate surface area is 185 Å². The maximum atomic E-state index is 12.6. The van der Waals surface area contributed by atoms with E-state index in [-0.39, 0.29) is 54.1 Å². The van der Waals surface area contributed by atoms with Crippen molar-refractivity contribution >= 4 is 17.7 Å². The SMILES string of the molecule is CC(=O)OC1C[C@H]2[C@@H]3OC4=C(C=C3C=C[C@]2(C)[C@H]1c1cccnc1)C(=O)CC(C(=O)O)C4. The van der Waals surface area contributed by atoms with Crippen LogP contribution in [0.2, 0.25) is 0 Å². The van der Waals surface area contributed by atoms with Gasteiger partial charge in [-0.1, -0.05) is 25.1 Å². The summed E-state index contributed by atoms with van der Waals surface area (Å²) >= 11 is 0. The standard InChI is InChI=1S/C25H25NO6/c1-13(27)31-21-11-18-23-14(5-6-25(18,2)22(21)15-4-3-7-26-12-15)8-17-19(28)9-16(24(29)30)10-20(17)32-23/h3-8,12,16,18,21-23H,9-11H2,1-2H3,(H,29,30)/t16?,18-,21?,22-,23+,25-/m0/s1. The van der Waals surface area contributed by atoms with Gasteiger partial charge in [0.05, 0.1) is 11.5 Å². The molecule has 0 spiro atoms. The molecular weight excluding hydrogens is 410 g/mol. The van der Waals surface area contributed by atoms with Gasteiger partial charge in [0.15, 0.2) is 5.78 Å². The van der Waals surface area contributed by atoms with Crippen LogP contribution in [0.25, 0.3) is 0 Å². The van der Waals surface area contributed by atoms with E-state index in [1.54, 1.807) is 6.20 Å². The van der Waals surface area contributed by atoms with E-state index in [0.29, 0.717) is 17.8 Å². The molecule has 1 saturated carbocycles. The first kappa shape index (κ1) is 20.7. The van der Waals surface area contributed by atoms with E-state index in [1.165, 1.54) is 6.92 Å². The van der Waals surface area contributed by atoms with Crippen LogP contribution in [0.1, 0.15) is 44.6 Å². The molecule has 0 saturated heterocycles. The molecule has 0 amide bonds. The number of carboxylic acid groups (broad SMARTS) is 1. The highest BCUT2D eigenvalue weighted by molar-refractivity contribution is 6.02. The van der Waals surface area contributed by atoms with Crippen molar-refractivity contribution in [3.63, 3.8) is 0 Å². The summed E-state index contributed by atoms with van der Waals surface area (Å²) in [5, 5.41) is 9.44. The van der Waals surface area contributed by atoms with Crippen LogP contribution in [0.15, 0.2) is 59.7 Å². The van der Waals surface area contributed by atoms with E-state index in [0.717, 1.165) is 11.1 Å². The molecule has 4 aliphatic rings. The molecule has 166 valence electrons. The fourth-order valence-corrected chi connectivity index (χ4v) is 5.96. The third-order valence-electron chi connectivity index (χ3n) is 7.41. The molecule has 6 atom stereocenters. The molecule has 5 rings (SSSR count). The van der Waals surface area contributed by atoms with Gasteiger partial charge in [0.25, 0.3) is 0 Å². The summed E-state index contributed by atoms with van der Waals surface area (Å²) in [6, 6.07) is 3.88. The Balaban J connectivity index is 1.53. The van der Waals surface area contributed by atoms with Crippen LogP contribution in [0.4, 0.5) is 0 Å². The quantitative estimate of drug-likeness (QED) is 0.727. The number of rotatable bonds is 3. The number of carbonyl (C=O) groups excluding carboxylic acids is 2. The summed E-state index contributed by atoms with van der Waals surface area (Å²) in [7, 11) is 0. The number of pyridine rings is 1. The van der Waals surface area contributed by atoms with E-state index < -0.39 is 11.9 Å². The molecule has 7 heteroatoms. The Morgan fingerprint density at radius 1 is 1.31 bits per heavy atom. The van der Waals surface area contributed by atoms with Gasteiger partial charge < -0.3 is 14.6 Å². The van der Waals surface area contributed by atoms with E-state index in [4.69, 9.17) is 9.47 Å². The third-order valence-corrected chi connectivity index (χ3v) is 7.41. The molecule has 0 aromatic carbocycles. The third kappa shape index (κ3) is 3.18. The van der Waals surface area contributed by atoms with Crippen LogP contribution in [-0.4, -0.2) is 40.0 Å². The zero-order valence-corrected chi connectivity index (χ0v) is 18.0. The average molecular weight is 435 g/mol. The van der Waals surface area contributed by atoms with Gasteiger partial charge >= 0.3 is 11.9 Å². The number of esters is 1. The van der Waals surface area contributed by atoms with Gasteiger partial charge in [0, 0.05) is 49.4 Å². The molecule has 2 unspecified atom stereocenters. The van der Waals surface area contributed by atoms with Gasteiger partial charge in [-0.3, -0.25) is 19.4 Å². The van der Waals surface area contributed by atoms with E-state index in [9.17, 15) is 19.5 Å². The first-order valence-corrected chi connectivity index (χ1v) is 10.9. The number of nitrogens with zero attached hydrogens (tertiary/aromatic N) is 1. The lowest BCUT2D eigenvalue weighted by Crippen LogP contribution is -2.41. The minimum Gasteiger partial charge on any atom is -0.489 e. The van der Waals surface area contributed by atoms with Crippen LogP contribution in [0.3, 0.4) is 0 Å². The van der Waals surface area contributed by atoms with Crippen molar-refractivity contribution in [1.29, 1.82) is 0 Å². The normalized spacial score (nSPS) is 35.2. The molecule has 3 aliphatic carbocycles. The summed E-state index contributed by atoms with van der Waals surface area (Å²) in [6.45, 7) is 3.56. The number of allylic oxidation sites excluding steroid dienone is 4. The second kappa shape index (κ2) is 7.43. The zero-order chi connectivity index (χ0) is 22.6. The predicted octanol–water partition coefficient (Wildman–Crippen LogP) is 3.34. The van der Waals surface area contributed by atoms with Crippen molar-refractivity contribution in [3.05, 3.63) is 65.2 Å². The van der Waals surface area contributed by atoms with Gasteiger partial charge in [-0.05, 0) is 29.7 Å². The number of carbonyl (C=O) groups is 3. The van der Waals surface area contributed by atoms with Crippen LogP contribution < -0.4 is 0 Å². The summed E-state index contributed by atoms with van der Waals surface area (Å²) in [6.07, 6.45) is 9.67. The Bertz CT molecular complexity index is 1090. The highest BCUT2D eigenvalue weighted by atomic mass is 16.5. The van der Waals surface area contributed by atoms with Crippen molar-refractivity contribution in [3.8, 4) is 0 Å². The minimum atomic E-state index is -0.982. The maximum Gasteiger partial charge on any atom is 0.307 e. The molecule has 1 fully saturated rings. The number of hydrogen-bond acceptors (Lipinski definition) is 6. The summed E-state index contributed by atoms with van der Waals surface area (Å²) in [5.41, 5.74) is 2.02. The number of carboxylic acids is 1. The molecular formula is C25H25NO6. The number of aromatic nitrogens is 1. The van der Waals surface area contributed by atoms with Crippen LogP contribution in [0, 0.1) is 17.3 Å². The van der Waals surface area contributed by atoms with Gasteiger partial charge in [0.1, 0.15) is 18.0 Å². The van der Waals surface area contributed by atoms with Gasteiger partial charge in [0.2, 0.25) is 0 Å². The predicted molar refractivity (Wildman–Crippen MR) is 113 cm³/mol. The lowest BCUT2D eigenvalue weighted by molar-refractivity contribution is -0.147. The molecule has 1 aromatic rings. The van der Waals surface area contributed by atoms with E-state index in [1.807, 2.05) is 30.5 Å². The maximum absolute atomic E-state index is 12.6. The lowest BCUT2D eigenvalue weighted by atomic mass is 9.64. The van der Waals surface area contributed by atoms with Crippen molar-refractivity contribution < 1.29 is 29.0 Å². The Morgan fingerprint density at radius 2 is 2.12 bits per heavy atom. The molecule has 1 aliphatic heterocycles. The van der Waals surface area contributed by atoms with Crippen LogP contribution in [0.5, 0.6) is 0 Å². The summed E-state index contributed by atoms with van der Waals surface area (Å²) < 4.78 is 12.1. The average Bonchev–Trinajstić information content (AvgIpc) is 3.04. The molecule has 0 radical (unpaired) electrons. The first-order chi connectivity index (χ1) is 15.3. The van der Waals surface area contributed by atoms with Crippen molar-refractivity contribution in [2.75, 3.05) is 0 Å². The second-order valence-corrected chi connectivity index (χ2v) is 9.34. The van der Waals surface area contributed by atoms with Crippen molar-refractivity contribution in [2.45, 2.75) is 51.2 Å². The molecule has 32 heavy (non-hydrogen) atoms. The Morgan fingerprint density at radius 3 is 2.81 bits per heavy atom. The topological polar surface area (TPSA) is 103 Å². The largest absolute Gasteiger partial charge is 0.489 e. The van der Waals surface area contributed by atoms with Crippen molar-refractivity contribution in [1.82, 2.24) is 4.98 Å². The summed E-state index contributed by atoms with van der Waals surface area (Å²) in [5.74, 6) is -1.91. The highest BCUT2D eigenvalue weighted by Crippen LogP contribution is 2.60. The molecule has 0 bridgehead atoms. The number of ketones is 1. The smallest absolute Gasteiger partial charge is 0.307 e.